The third kappa shape index (κ3) is 4.70. The molecule has 2 N–H and O–H groups in total. The summed E-state index contributed by atoms with van der Waals surface area (Å²) in [6.07, 6.45) is -2.62. The molecule has 0 aromatic rings. The van der Waals surface area contributed by atoms with Gasteiger partial charge in [-0.2, -0.15) is 13.2 Å². The van der Waals surface area contributed by atoms with E-state index in [0.717, 1.165) is 12.8 Å². The molecular weight excluding hydrogens is 265 g/mol. The fourth-order valence-corrected chi connectivity index (χ4v) is 2.37. The minimum absolute atomic E-state index is 0.0176. The summed E-state index contributed by atoms with van der Waals surface area (Å²) in [4.78, 5) is 1.25. The molecule has 1 heterocycles. The highest BCUT2D eigenvalue weighted by Gasteiger charge is 2.43. The Balaban J connectivity index is 2.56. The molecule has 1 aliphatic heterocycles. The molecule has 18 heavy (non-hydrogen) atoms. The summed E-state index contributed by atoms with van der Waals surface area (Å²) in [6, 6.07) is 0. The molecule has 106 valence electrons. The molecule has 0 aromatic heterocycles. The average molecular weight is 284 g/mol. The Bertz CT molecular complexity index is 284. The van der Waals surface area contributed by atoms with E-state index >= 15 is 0 Å². The van der Waals surface area contributed by atoms with Crippen molar-refractivity contribution in [2.24, 2.45) is 11.7 Å². The van der Waals surface area contributed by atoms with Crippen LogP contribution < -0.4 is 5.73 Å². The van der Waals surface area contributed by atoms with Crippen LogP contribution in [0.1, 0.15) is 19.8 Å². The highest BCUT2D eigenvalue weighted by molar-refractivity contribution is 7.80. The van der Waals surface area contributed by atoms with E-state index in [1.165, 1.54) is 0 Å². The maximum absolute atomic E-state index is 12.7. The standard InChI is InChI=1S/C11H19F3N2OS/c1-2-17-8-4-3-5-16(6-8)7-9(10(15)18)11(12,13)14/h8-9H,2-7H2,1H3,(H2,15,18). The molecule has 0 aromatic carbocycles. The second-order valence-electron chi connectivity index (χ2n) is 4.48. The Hall–Kier alpha value is -0.400. The van der Waals surface area contributed by atoms with Crippen molar-refractivity contribution in [3.8, 4) is 0 Å². The van der Waals surface area contributed by atoms with Gasteiger partial charge in [-0.15, -0.1) is 0 Å². The number of piperidine rings is 1. The average Bonchev–Trinajstić information content (AvgIpc) is 2.25. The first-order valence-electron chi connectivity index (χ1n) is 6.04. The number of hydrogen-bond acceptors (Lipinski definition) is 3. The van der Waals surface area contributed by atoms with Gasteiger partial charge in [0.1, 0.15) is 5.92 Å². The van der Waals surface area contributed by atoms with Crippen LogP contribution in [0.3, 0.4) is 0 Å². The van der Waals surface area contributed by atoms with E-state index in [9.17, 15) is 13.2 Å². The van der Waals surface area contributed by atoms with Crippen LogP contribution in [0.15, 0.2) is 0 Å². The van der Waals surface area contributed by atoms with Crippen LogP contribution in [-0.2, 0) is 4.74 Å². The number of nitrogens with two attached hydrogens (primary N) is 1. The number of hydrogen-bond donors (Lipinski definition) is 1. The third-order valence-electron chi connectivity index (χ3n) is 3.04. The van der Waals surface area contributed by atoms with Crippen molar-refractivity contribution < 1.29 is 17.9 Å². The number of nitrogens with zero attached hydrogens (tertiary/aromatic N) is 1. The first-order chi connectivity index (χ1) is 8.34. The lowest BCUT2D eigenvalue weighted by atomic mass is 10.0. The highest BCUT2D eigenvalue weighted by atomic mass is 32.1. The number of halogens is 3. The second-order valence-corrected chi connectivity index (χ2v) is 4.95. The zero-order valence-electron chi connectivity index (χ0n) is 10.4. The summed E-state index contributed by atoms with van der Waals surface area (Å²) in [7, 11) is 0. The molecule has 0 saturated carbocycles. The topological polar surface area (TPSA) is 38.5 Å². The minimum Gasteiger partial charge on any atom is -0.393 e. The van der Waals surface area contributed by atoms with Gasteiger partial charge < -0.3 is 10.5 Å². The number of thiocarbonyl (C=S) groups is 1. The fourth-order valence-electron chi connectivity index (χ4n) is 2.16. The SMILES string of the molecule is CCOC1CCCN(CC(C(N)=S)C(F)(F)F)C1. The zero-order chi connectivity index (χ0) is 13.8. The first-order valence-corrected chi connectivity index (χ1v) is 6.45. The minimum atomic E-state index is -4.37. The molecular formula is C11H19F3N2OS. The van der Waals surface area contributed by atoms with Crippen molar-refractivity contribution in [2.45, 2.75) is 32.0 Å². The smallest absolute Gasteiger partial charge is 0.393 e. The monoisotopic (exact) mass is 284 g/mol. The molecule has 0 spiro atoms. The molecule has 7 heteroatoms. The van der Waals surface area contributed by atoms with E-state index in [-0.39, 0.29) is 12.6 Å². The Morgan fingerprint density at radius 2 is 2.22 bits per heavy atom. The van der Waals surface area contributed by atoms with Crippen molar-refractivity contribution in [1.82, 2.24) is 4.90 Å². The molecule has 3 nitrogen and oxygen atoms in total. The molecule has 0 aliphatic carbocycles. The van der Waals surface area contributed by atoms with Crippen LogP contribution in [0.5, 0.6) is 0 Å². The van der Waals surface area contributed by atoms with Gasteiger partial charge in [-0.1, -0.05) is 12.2 Å². The number of rotatable bonds is 5. The van der Waals surface area contributed by atoms with Gasteiger partial charge in [-0.05, 0) is 26.3 Å². The van der Waals surface area contributed by atoms with E-state index in [2.05, 4.69) is 12.2 Å². The van der Waals surface area contributed by atoms with Crippen molar-refractivity contribution >= 4 is 17.2 Å². The largest absolute Gasteiger partial charge is 0.399 e. The molecule has 1 saturated heterocycles. The van der Waals surface area contributed by atoms with E-state index in [0.29, 0.717) is 19.7 Å². The number of ether oxygens (including phenoxy) is 1. The van der Waals surface area contributed by atoms with E-state index in [1.807, 2.05) is 6.92 Å². The summed E-state index contributed by atoms with van der Waals surface area (Å²) in [6.45, 7) is 3.45. The summed E-state index contributed by atoms with van der Waals surface area (Å²) in [5.74, 6) is -1.73. The predicted molar refractivity (Wildman–Crippen MR) is 67.4 cm³/mol. The van der Waals surface area contributed by atoms with E-state index in [4.69, 9.17) is 10.5 Å². The normalized spacial score (nSPS) is 23.9. The Labute approximate surface area is 110 Å². The molecule has 0 amide bonds. The summed E-state index contributed by atoms with van der Waals surface area (Å²) >= 11 is 4.51. The van der Waals surface area contributed by atoms with Crippen molar-refractivity contribution in [3.05, 3.63) is 0 Å². The van der Waals surface area contributed by atoms with E-state index in [1.54, 1.807) is 4.90 Å². The van der Waals surface area contributed by atoms with Gasteiger partial charge in [0.25, 0.3) is 0 Å². The first kappa shape index (κ1) is 15.7. The molecule has 1 aliphatic rings. The van der Waals surface area contributed by atoms with Gasteiger partial charge in [-0.3, -0.25) is 4.90 Å². The van der Waals surface area contributed by atoms with Gasteiger partial charge in [0, 0.05) is 19.7 Å². The van der Waals surface area contributed by atoms with Gasteiger partial charge in [0.05, 0.1) is 11.1 Å². The summed E-state index contributed by atoms with van der Waals surface area (Å²) in [5.41, 5.74) is 5.19. The molecule has 0 bridgehead atoms. The van der Waals surface area contributed by atoms with Crippen LogP contribution in [0.4, 0.5) is 13.2 Å². The number of alkyl halides is 3. The van der Waals surface area contributed by atoms with Crippen LogP contribution in [-0.4, -0.2) is 48.4 Å². The maximum atomic E-state index is 12.7. The van der Waals surface area contributed by atoms with Crippen molar-refractivity contribution in [2.75, 3.05) is 26.2 Å². The lowest BCUT2D eigenvalue weighted by Gasteiger charge is -2.34. The quantitative estimate of drug-likeness (QED) is 0.783. The summed E-state index contributed by atoms with van der Waals surface area (Å²) < 4.78 is 43.7. The Morgan fingerprint density at radius 3 is 2.72 bits per heavy atom. The fraction of sp³-hybridized carbons (Fsp3) is 0.909. The van der Waals surface area contributed by atoms with Gasteiger partial charge >= 0.3 is 6.18 Å². The lowest BCUT2D eigenvalue weighted by molar-refractivity contribution is -0.161. The summed E-state index contributed by atoms with van der Waals surface area (Å²) in [5, 5.41) is 0. The van der Waals surface area contributed by atoms with Gasteiger partial charge in [0.15, 0.2) is 0 Å². The zero-order valence-corrected chi connectivity index (χ0v) is 11.2. The predicted octanol–water partition coefficient (Wildman–Crippen LogP) is 1.95. The second kappa shape index (κ2) is 6.68. The molecule has 1 rings (SSSR count). The van der Waals surface area contributed by atoms with Crippen molar-refractivity contribution in [1.29, 1.82) is 0 Å². The van der Waals surface area contributed by atoms with Crippen molar-refractivity contribution in [3.63, 3.8) is 0 Å². The number of likely N-dealkylation sites (tertiary alicyclic amines) is 1. The molecule has 1 fully saturated rings. The van der Waals surface area contributed by atoms with Crippen LogP contribution in [0.25, 0.3) is 0 Å². The lowest BCUT2D eigenvalue weighted by Crippen LogP contribution is -2.48. The Kier molecular flexibility index (Phi) is 5.81. The van der Waals surface area contributed by atoms with Crippen LogP contribution in [0, 0.1) is 5.92 Å². The maximum Gasteiger partial charge on any atom is 0.399 e. The van der Waals surface area contributed by atoms with Gasteiger partial charge in [-0.25, -0.2) is 0 Å². The Morgan fingerprint density at radius 1 is 1.56 bits per heavy atom. The molecule has 0 radical (unpaired) electrons. The third-order valence-corrected chi connectivity index (χ3v) is 3.33. The van der Waals surface area contributed by atoms with Gasteiger partial charge in [0.2, 0.25) is 0 Å². The highest BCUT2D eigenvalue weighted by Crippen LogP contribution is 2.28. The molecule has 2 atom stereocenters. The van der Waals surface area contributed by atoms with E-state index < -0.39 is 17.1 Å². The van der Waals surface area contributed by atoms with Crippen LogP contribution >= 0.6 is 12.2 Å². The molecule has 2 unspecified atom stereocenters. The van der Waals surface area contributed by atoms with Crippen LogP contribution in [0.2, 0.25) is 0 Å².